The summed E-state index contributed by atoms with van der Waals surface area (Å²) < 4.78 is 12.1. The van der Waals surface area contributed by atoms with Gasteiger partial charge >= 0.3 is 11.9 Å². The maximum absolute atomic E-state index is 12.6. The van der Waals surface area contributed by atoms with Crippen molar-refractivity contribution in [3.63, 3.8) is 0 Å². The van der Waals surface area contributed by atoms with Gasteiger partial charge in [0.2, 0.25) is 0 Å². The van der Waals surface area contributed by atoms with Crippen LogP contribution in [0.15, 0.2) is 57.5 Å². The van der Waals surface area contributed by atoms with Gasteiger partial charge in [-0.2, -0.15) is 0 Å². The monoisotopic (exact) mass is 610 g/mol. The van der Waals surface area contributed by atoms with Crippen LogP contribution < -0.4 is 9.47 Å². The normalized spacial score (nSPS) is 10.6. The summed E-state index contributed by atoms with van der Waals surface area (Å²) in [5.41, 5.74) is -0.534. The third-order valence-corrected chi connectivity index (χ3v) is 6.48. The van der Waals surface area contributed by atoms with E-state index in [-0.39, 0.29) is 42.7 Å². The van der Waals surface area contributed by atoms with Crippen LogP contribution in [0.1, 0.15) is 20.7 Å². The Labute approximate surface area is 208 Å². The molecule has 0 radical (unpaired) electrons. The van der Waals surface area contributed by atoms with Crippen LogP contribution in [-0.4, -0.2) is 11.9 Å². The quantitative estimate of drug-likeness (QED) is 0.169. The molecule has 4 nitrogen and oxygen atoms in total. The van der Waals surface area contributed by atoms with Crippen molar-refractivity contribution in [2.75, 3.05) is 0 Å². The summed E-state index contributed by atoms with van der Waals surface area (Å²) in [5, 5.41) is -1.13. The van der Waals surface area contributed by atoms with Crippen LogP contribution in [0.3, 0.4) is 0 Å². The Morgan fingerprint density at radius 2 is 0.833 bits per heavy atom. The van der Waals surface area contributed by atoms with Crippen LogP contribution in [0, 0.1) is 0 Å². The Morgan fingerprint density at radius 1 is 0.567 bits per heavy atom. The van der Waals surface area contributed by atoms with Crippen molar-refractivity contribution in [1.82, 2.24) is 0 Å². The molecule has 0 aliphatic rings. The van der Waals surface area contributed by atoms with Gasteiger partial charge in [0, 0.05) is 8.95 Å². The highest BCUT2D eigenvalue weighted by atomic mass is 79.9. The summed E-state index contributed by atoms with van der Waals surface area (Å²) >= 11 is 31.5. The van der Waals surface area contributed by atoms with E-state index < -0.39 is 11.9 Å². The predicted molar refractivity (Wildman–Crippen MR) is 125 cm³/mol. The summed E-state index contributed by atoms with van der Waals surface area (Å²) in [6.07, 6.45) is 0. The van der Waals surface area contributed by atoms with Crippen molar-refractivity contribution in [3.05, 3.63) is 88.7 Å². The van der Waals surface area contributed by atoms with Crippen LogP contribution >= 0.6 is 78.3 Å². The smallest absolute Gasteiger partial charge is 0.346 e. The second-order valence-electron chi connectivity index (χ2n) is 5.69. The first kappa shape index (κ1) is 23.4. The van der Waals surface area contributed by atoms with E-state index in [9.17, 15) is 9.59 Å². The molecule has 0 atom stereocenters. The first-order valence-electron chi connectivity index (χ1n) is 8.00. The van der Waals surface area contributed by atoms with Gasteiger partial charge in [0.05, 0.1) is 20.1 Å². The molecule has 0 fully saturated rings. The molecule has 0 bridgehead atoms. The lowest BCUT2D eigenvalue weighted by molar-refractivity contribution is 0.0721. The van der Waals surface area contributed by atoms with E-state index in [1.54, 1.807) is 48.5 Å². The Bertz CT molecular complexity index is 1010. The van der Waals surface area contributed by atoms with Crippen molar-refractivity contribution in [3.8, 4) is 11.5 Å². The predicted octanol–water partition coefficient (Wildman–Crippen LogP) is 8.26. The fraction of sp³-hybridized carbons (Fsp3) is 0. The molecular formula is C20H8Br2Cl4O4. The lowest BCUT2D eigenvalue weighted by Gasteiger charge is -2.14. The molecule has 0 aliphatic heterocycles. The van der Waals surface area contributed by atoms with Gasteiger partial charge < -0.3 is 9.47 Å². The van der Waals surface area contributed by atoms with Gasteiger partial charge in [-0.1, -0.05) is 78.3 Å². The number of esters is 2. The number of benzene rings is 3. The topological polar surface area (TPSA) is 52.6 Å². The minimum Gasteiger partial charge on any atom is -0.423 e. The number of hydrogen-bond donors (Lipinski definition) is 0. The second kappa shape index (κ2) is 9.90. The van der Waals surface area contributed by atoms with Crippen LogP contribution in [0.25, 0.3) is 0 Å². The van der Waals surface area contributed by atoms with Crippen molar-refractivity contribution in [1.29, 1.82) is 0 Å². The maximum atomic E-state index is 12.6. The SMILES string of the molecule is O=C(Oc1ccc(Br)cc1)c1c(Cl)c(Cl)c(C(=O)Oc2ccc(Br)cc2)c(Cl)c1Cl. The van der Waals surface area contributed by atoms with Crippen molar-refractivity contribution < 1.29 is 19.1 Å². The maximum Gasteiger partial charge on any atom is 0.346 e. The number of carbonyl (C=O) groups excluding carboxylic acids is 2. The zero-order valence-electron chi connectivity index (χ0n) is 14.5. The van der Waals surface area contributed by atoms with Gasteiger partial charge in [-0.25, -0.2) is 9.59 Å². The number of rotatable bonds is 4. The Hall–Kier alpha value is -1.28. The van der Waals surface area contributed by atoms with E-state index in [2.05, 4.69) is 31.9 Å². The standard InChI is InChI=1S/C20H8Br2Cl4O4/c21-9-1-5-11(6-2-9)29-19(27)13-15(23)17(25)14(18(26)16(13)24)20(28)30-12-7-3-10(22)4-8-12/h1-8H. The van der Waals surface area contributed by atoms with Gasteiger partial charge in [0.1, 0.15) is 22.6 Å². The van der Waals surface area contributed by atoms with E-state index in [0.717, 1.165) is 8.95 Å². The molecule has 0 saturated carbocycles. The van der Waals surface area contributed by atoms with E-state index in [1.807, 2.05) is 0 Å². The molecule has 0 aliphatic carbocycles. The van der Waals surface area contributed by atoms with Gasteiger partial charge in [-0.15, -0.1) is 0 Å². The average molecular weight is 614 g/mol. The Balaban J connectivity index is 1.94. The molecule has 0 aromatic heterocycles. The van der Waals surface area contributed by atoms with Crippen molar-refractivity contribution in [2.24, 2.45) is 0 Å². The largest absolute Gasteiger partial charge is 0.423 e. The lowest BCUT2D eigenvalue weighted by atomic mass is 10.1. The zero-order valence-corrected chi connectivity index (χ0v) is 20.7. The van der Waals surface area contributed by atoms with Gasteiger partial charge in [-0.05, 0) is 48.5 Å². The van der Waals surface area contributed by atoms with Crippen molar-refractivity contribution >= 4 is 90.2 Å². The third kappa shape index (κ3) is 5.13. The van der Waals surface area contributed by atoms with E-state index in [0.29, 0.717) is 0 Å². The summed E-state index contributed by atoms with van der Waals surface area (Å²) in [6.45, 7) is 0. The molecule has 0 unspecified atom stereocenters. The minimum absolute atomic E-state index is 0.251. The van der Waals surface area contributed by atoms with Crippen LogP contribution in [-0.2, 0) is 0 Å². The number of carbonyl (C=O) groups is 2. The first-order chi connectivity index (χ1) is 14.2. The number of halogens is 6. The Morgan fingerprint density at radius 3 is 1.10 bits per heavy atom. The Kier molecular flexibility index (Phi) is 7.71. The molecular weight excluding hydrogens is 606 g/mol. The zero-order chi connectivity index (χ0) is 22.0. The van der Waals surface area contributed by atoms with E-state index in [4.69, 9.17) is 55.9 Å². The molecule has 30 heavy (non-hydrogen) atoms. The van der Waals surface area contributed by atoms with Crippen molar-refractivity contribution in [2.45, 2.75) is 0 Å². The highest BCUT2D eigenvalue weighted by Gasteiger charge is 2.30. The lowest BCUT2D eigenvalue weighted by Crippen LogP contribution is -2.15. The first-order valence-corrected chi connectivity index (χ1v) is 11.1. The molecule has 154 valence electrons. The molecule has 0 amide bonds. The summed E-state index contributed by atoms with van der Waals surface area (Å²) in [6, 6.07) is 13.0. The minimum atomic E-state index is -0.885. The molecule has 0 heterocycles. The summed E-state index contributed by atoms with van der Waals surface area (Å²) in [7, 11) is 0. The number of hydrogen-bond acceptors (Lipinski definition) is 4. The molecule has 3 aromatic rings. The molecule has 3 aromatic carbocycles. The second-order valence-corrected chi connectivity index (χ2v) is 9.04. The summed E-state index contributed by atoms with van der Waals surface area (Å²) in [5.74, 6) is -1.27. The third-order valence-electron chi connectivity index (χ3n) is 3.72. The molecule has 0 spiro atoms. The summed E-state index contributed by atoms with van der Waals surface area (Å²) in [4.78, 5) is 25.2. The highest BCUT2D eigenvalue weighted by Crippen LogP contribution is 2.42. The fourth-order valence-electron chi connectivity index (χ4n) is 2.31. The molecule has 0 saturated heterocycles. The van der Waals surface area contributed by atoms with Crippen LogP contribution in [0.5, 0.6) is 11.5 Å². The number of ether oxygens (including phenoxy) is 2. The van der Waals surface area contributed by atoms with E-state index >= 15 is 0 Å². The molecule has 10 heteroatoms. The van der Waals surface area contributed by atoms with Crippen LogP contribution in [0.2, 0.25) is 20.1 Å². The van der Waals surface area contributed by atoms with Crippen LogP contribution in [0.4, 0.5) is 0 Å². The fourth-order valence-corrected chi connectivity index (χ4v) is 4.00. The van der Waals surface area contributed by atoms with Gasteiger partial charge in [0.25, 0.3) is 0 Å². The molecule has 3 rings (SSSR count). The highest BCUT2D eigenvalue weighted by molar-refractivity contribution is 9.10. The average Bonchev–Trinajstić information content (AvgIpc) is 2.70. The van der Waals surface area contributed by atoms with Gasteiger partial charge in [0.15, 0.2) is 0 Å². The van der Waals surface area contributed by atoms with E-state index in [1.165, 1.54) is 0 Å². The molecule has 0 N–H and O–H groups in total. The van der Waals surface area contributed by atoms with Gasteiger partial charge in [-0.3, -0.25) is 0 Å².